The van der Waals surface area contributed by atoms with Gasteiger partial charge in [-0.15, -0.1) is 0 Å². The minimum atomic E-state index is -0.267. The molecule has 1 N–H and O–H groups in total. The fraction of sp³-hybridized carbons (Fsp3) is 0.261. The Labute approximate surface area is 191 Å². The number of nitrogens with one attached hydrogen (secondary N) is 1. The summed E-state index contributed by atoms with van der Waals surface area (Å²) >= 11 is 11.9. The summed E-state index contributed by atoms with van der Waals surface area (Å²) in [5, 5.41) is 8.90. The van der Waals surface area contributed by atoms with E-state index in [0.29, 0.717) is 35.0 Å². The number of aromatic nitrogens is 2. The second-order valence-electron chi connectivity index (χ2n) is 7.37. The standard InChI is InChI=1S/C23H23ClN4O2S/c1-14-7-9-16(10-8-14)21-26-22(30-27-21)19-15(2)28(11-12-29-3)23(31)25-20(19)17-5-4-6-18(24)13-17/h4-10,13,20H,11-12H2,1-3H3,(H,25,31). The van der Waals surface area contributed by atoms with Crippen LogP contribution in [0.4, 0.5) is 0 Å². The SMILES string of the molecule is COCCN1C(=S)NC(c2cccc(Cl)c2)C(c2nc(-c3ccc(C)cc3)no2)=C1C. The molecule has 0 radical (unpaired) electrons. The summed E-state index contributed by atoms with van der Waals surface area (Å²) in [6.45, 7) is 5.19. The van der Waals surface area contributed by atoms with E-state index in [1.54, 1.807) is 7.11 Å². The third-order valence-corrected chi connectivity index (χ3v) is 5.84. The van der Waals surface area contributed by atoms with Gasteiger partial charge >= 0.3 is 0 Å². The highest BCUT2D eigenvalue weighted by Crippen LogP contribution is 2.37. The molecule has 0 spiro atoms. The zero-order chi connectivity index (χ0) is 22.0. The van der Waals surface area contributed by atoms with Crippen LogP contribution in [-0.4, -0.2) is 40.4 Å². The fourth-order valence-electron chi connectivity index (χ4n) is 3.60. The summed E-state index contributed by atoms with van der Waals surface area (Å²) in [5.74, 6) is 0.979. The maximum Gasteiger partial charge on any atom is 0.258 e. The Balaban J connectivity index is 1.80. The first-order valence-corrected chi connectivity index (χ1v) is 10.7. The molecule has 1 atom stereocenters. The Morgan fingerprint density at radius 1 is 1.19 bits per heavy atom. The summed E-state index contributed by atoms with van der Waals surface area (Å²) in [6.07, 6.45) is 0. The highest BCUT2D eigenvalue weighted by atomic mass is 35.5. The zero-order valence-electron chi connectivity index (χ0n) is 17.6. The highest BCUT2D eigenvalue weighted by molar-refractivity contribution is 7.80. The van der Waals surface area contributed by atoms with Gasteiger partial charge in [0.05, 0.1) is 18.2 Å². The zero-order valence-corrected chi connectivity index (χ0v) is 19.1. The van der Waals surface area contributed by atoms with Crippen molar-refractivity contribution >= 4 is 34.5 Å². The van der Waals surface area contributed by atoms with Crippen molar-refractivity contribution < 1.29 is 9.26 Å². The van der Waals surface area contributed by atoms with Gasteiger partial charge in [0.2, 0.25) is 5.82 Å². The molecule has 0 aliphatic carbocycles. The molecule has 2 aromatic carbocycles. The molecule has 0 bridgehead atoms. The number of hydrogen-bond donors (Lipinski definition) is 1. The minimum Gasteiger partial charge on any atom is -0.383 e. The number of allylic oxidation sites excluding steroid dienone is 1. The van der Waals surface area contributed by atoms with E-state index in [2.05, 4.69) is 10.5 Å². The third kappa shape index (κ3) is 4.49. The lowest BCUT2D eigenvalue weighted by molar-refractivity contribution is 0.183. The quantitative estimate of drug-likeness (QED) is 0.525. The van der Waals surface area contributed by atoms with Crippen molar-refractivity contribution in [2.24, 2.45) is 0 Å². The number of halogens is 1. The molecule has 2 heterocycles. The van der Waals surface area contributed by atoms with Gasteiger partial charge in [0.15, 0.2) is 5.11 Å². The molecule has 1 unspecified atom stereocenters. The molecule has 8 heteroatoms. The number of benzene rings is 2. The maximum absolute atomic E-state index is 6.27. The van der Waals surface area contributed by atoms with E-state index in [1.807, 2.05) is 67.3 Å². The molecule has 1 aromatic heterocycles. The molecular formula is C23H23ClN4O2S. The molecule has 4 rings (SSSR count). The van der Waals surface area contributed by atoms with E-state index in [-0.39, 0.29) is 6.04 Å². The maximum atomic E-state index is 6.27. The second kappa shape index (κ2) is 9.18. The minimum absolute atomic E-state index is 0.267. The first kappa shape index (κ1) is 21.5. The molecule has 31 heavy (non-hydrogen) atoms. The number of nitrogens with zero attached hydrogens (tertiary/aromatic N) is 3. The van der Waals surface area contributed by atoms with Gasteiger partial charge in [-0.3, -0.25) is 0 Å². The summed E-state index contributed by atoms with van der Waals surface area (Å²) in [4.78, 5) is 6.70. The predicted octanol–water partition coefficient (Wildman–Crippen LogP) is 5.01. The predicted molar refractivity (Wildman–Crippen MR) is 126 cm³/mol. The van der Waals surface area contributed by atoms with Crippen LogP contribution in [-0.2, 0) is 4.74 Å². The molecule has 0 saturated carbocycles. The van der Waals surface area contributed by atoms with E-state index < -0.39 is 0 Å². The van der Waals surface area contributed by atoms with E-state index in [9.17, 15) is 0 Å². The van der Waals surface area contributed by atoms with Gasteiger partial charge in [-0.1, -0.05) is 58.7 Å². The summed E-state index contributed by atoms with van der Waals surface area (Å²) in [6, 6.07) is 15.4. The van der Waals surface area contributed by atoms with Crippen LogP contribution < -0.4 is 5.32 Å². The third-order valence-electron chi connectivity index (χ3n) is 5.26. The number of aryl methyl sites for hydroxylation is 1. The van der Waals surface area contributed by atoms with Gasteiger partial charge in [0.25, 0.3) is 5.89 Å². The average Bonchev–Trinajstić information content (AvgIpc) is 3.23. The van der Waals surface area contributed by atoms with Crippen molar-refractivity contribution in [1.82, 2.24) is 20.4 Å². The van der Waals surface area contributed by atoms with Crippen LogP contribution in [0, 0.1) is 6.92 Å². The van der Waals surface area contributed by atoms with Crippen LogP contribution in [0.3, 0.4) is 0 Å². The van der Waals surface area contributed by atoms with Crippen LogP contribution in [0.15, 0.2) is 58.8 Å². The molecule has 160 valence electrons. The normalized spacial score (nSPS) is 16.6. The molecule has 0 saturated heterocycles. The number of hydrogen-bond acceptors (Lipinski definition) is 5. The first-order valence-electron chi connectivity index (χ1n) is 9.92. The van der Waals surface area contributed by atoms with E-state index >= 15 is 0 Å². The molecule has 1 aliphatic rings. The van der Waals surface area contributed by atoms with Gasteiger partial charge < -0.3 is 19.5 Å². The number of ether oxygens (including phenoxy) is 1. The lowest BCUT2D eigenvalue weighted by Crippen LogP contribution is -2.47. The average molecular weight is 455 g/mol. The van der Waals surface area contributed by atoms with Crippen LogP contribution >= 0.6 is 23.8 Å². The lowest BCUT2D eigenvalue weighted by atomic mass is 9.95. The molecule has 0 amide bonds. The number of methoxy groups -OCH3 is 1. The monoisotopic (exact) mass is 454 g/mol. The largest absolute Gasteiger partial charge is 0.383 e. The van der Waals surface area contributed by atoms with Crippen LogP contribution in [0.1, 0.15) is 30.0 Å². The van der Waals surface area contributed by atoms with Gasteiger partial charge in [-0.25, -0.2) is 0 Å². The van der Waals surface area contributed by atoms with E-state index in [1.165, 1.54) is 5.56 Å². The number of rotatable bonds is 6. The Hall–Kier alpha value is -2.74. The Bertz CT molecular complexity index is 1130. The lowest BCUT2D eigenvalue weighted by Gasteiger charge is -2.37. The van der Waals surface area contributed by atoms with Crippen LogP contribution in [0.2, 0.25) is 5.02 Å². The topological polar surface area (TPSA) is 63.4 Å². The van der Waals surface area contributed by atoms with Crippen molar-refractivity contribution in [1.29, 1.82) is 0 Å². The van der Waals surface area contributed by atoms with Gasteiger partial charge in [-0.05, 0) is 43.8 Å². The van der Waals surface area contributed by atoms with Gasteiger partial charge in [-0.2, -0.15) is 4.98 Å². The van der Waals surface area contributed by atoms with Crippen LogP contribution in [0.5, 0.6) is 0 Å². The van der Waals surface area contributed by atoms with Crippen molar-refractivity contribution in [2.75, 3.05) is 20.3 Å². The van der Waals surface area contributed by atoms with Crippen LogP contribution in [0.25, 0.3) is 17.0 Å². The molecular weight excluding hydrogens is 432 g/mol. The summed E-state index contributed by atoms with van der Waals surface area (Å²) in [7, 11) is 1.67. The molecule has 6 nitrogen and oxygen atoms in total. The van der Waals surface area contributed by atoms with Gasteiger partial charge in [0, 0.05) is 29.9 Å². The molecule has 1 aliphatic heterocycles. The Kier molecular flexibility index (Phi) is 6.36. The molecule has 0 fully saturated rings. The van der Waals surface area contributed by atoms with Crippen molar-refractivity contribution in [2.45, 2.75) is 19.9 Å². The van der Waals surface area contributed by atoms with E-state index in [4.69, 9.17) is 38.1 Å². The molecule has 3 aromatic rings. The fourth-order valence-corrected chi connectivity index (χ4v) is 4.14. The smallest absolute Gasteiger partial charge is 0.258 e. The Morgan fingerprint density at radius 2 is 1.97 bits per heavy atom. The second-order valence-corrected chi connectivity index (χ2v) is 8.19. The van der Waals surface area contributed by atoms with Crippen molar-refractivity contribution in [3.63, 3.8) is 0 Å². The van der Waals surface area contributed by atoms with Crippen molar-refractivity contribution in [3.05, 3.63) is 76.3 Å². The number of thiocarbonyl (C=S) groups is 1. The van der Waals surface area contributed by atoms with Gasteiger partial charge in [0.1, 0.15) is 0 Å². The first-order chi connectivity index (χ1) is 15.0. The van der Waals surface area contributed by atoms with Crippen molar-refractivity contribution in [3.8, 4) is 11.4 Å². The highest BCUT2D eigenvalue weighted by Gasteiger charge is 2.34. The summed E-state index contributed by atoms with van der Waals surface area (Å²) in [5.41, 5.74) is 4.83. The summed E-state index contributed by atoms with van der Waals surface area (Å²) < 4.78 is 11.0. The Morgan fingerprint density at radius 3 is 2.68 bits per heavy atom. The van der Waals surface area contributed by atoms with E-state index in [0.717, 1.165) is 22.4 Å².